The SMILES string of the molecule is CC.CCSc1nc(C(C#N)C(=O)c2ccccc2)ccc1N. The Hall–Kier alpha value is -2.32. The van der Waals surface area contributed by atoms with Gasteiger partial charge >= 0.3 is 0 Å². The fourth-order valence-corrected chi connectivity index (χ4v) is 2.58. The summed E-state index contributed by atoms with van der Waals surface area (Å²) in [6, 6.07) is 14.2. The van der Waals surface area contributed by atoms with Gasteiger partial charge in [-0.05, 0) is 17.9 Å². The number of Topliss-reactive ketones (excluding diaryl/α,β-unsaturated/α-hetero) is 1. The van der Waals surface area contributed by atoms with Crippen LogP contribution in [0.25, 0.3) is 0 Å². The number of aromatic nitrogens is 1. The Labute approximate surface area is 141 Å². The monoisotopic (exact) mass is 327 g/mol. The van der Waals surface area contributed by atoms with E-state index in [9.17, 15) is 10.1 Å². The van der Waals surface area contributed by atoms with E-state index in [0.29, 0.717) is 22.0 Å². The third-order valence-electron chi connectivity index (χ3n) is 2.94. The van der Waals surface area contributed by atoms with E-state index < -0.39 is 5.92 Å². The maximum atomic E-state index is 12.4. The molecule has 0 saturated carbocycles. The fraction of sp³-hybridized carbons (Fsp3) is 0.278. The van der Waals surface area contributed by atoms with Crippen molar-refractivity contribution in [2.75, 3.05) is 11.5 Å². The minimum atomic E-state index is -0.913. The molecule has 2 N–H and O–H groups in total. The second-order valence-corrected chi connectivity index (χ2v) is 5.61. The van der Waals surface area contributed by atoms with Gasteiger partial charge in [0.2, 0.25) is 0 Å². The van der Waals surface area contributed by atoms with Crippen molar-refractivity contribution in [2.45, 2.75) is 31.7 Å². The Kier molecular flexibility index (Phi) is 7.86. The summed E-state index contributed by atoms with van der Waals surface area (Å²) in [5.74, 6) is -0.336. The van der Waals surface area contributed by atoms with E-state index in [4.69, 9.17) is 5.73 Å². The number of anilines is 1. The van der Waals surface area contributed by atoms with Crippen LogP contribution in [0, 0.1) is 11.3 Å². The maximum Gasteiger partial charge on any atom is 0.186 e. The molecule has 0 aliphatic rings. The minimum absolute atomic E-state index is 0.247. The highest BCUT2D eigenvalue weighted by atomic mass is 32.2. The van der Waals surface area contributed by atoms with Crippen LogP contribution in [0.15, 0.2) is 47.5 Å². The summed E-state index contributed by atoms with van der Waals surface area (Å²) < 4.78 is 0. The van der Waals surface area contributed by atoms with Gasteiger partial charge in [-0.1, -0.05) is 51.1 Å². The van der Waals surface area contributed by atoms with Crippen LogP contribution in [0.2, 0.25) is 0 Å². The van der Waals surface area contributed by atoms with Gasteiger partial charge in [0.1, 0.15) is 5.03 Å². The predicted molar refractivity (Wildman–Crippen MR) is 95.5 cm³/mol. The van der Waals surface area contributed by atoms with E-state index in [2.05, 4.69) is 4.98 Å². The molecule has 0 aliphatic carbocycles. The van der Waals surface area contributed by atoms with Crippen LogP contribution in [0.5, 0.6) is 0 Å². The fourth-order valence-electron chi connectivity index (χ4n) is 1.91. The third kappa shape index (κ3) is 4.83. The van der Waals surface area contributed by atoms with Gasteiger partial charge in [-0.3, -0.25) is 4.79 Å². The molecule has 0 bridgehead atoms. The number of benzene rings is 1. The van der Waals surface area contributed by atoms with E-state index >= 15 is 0 Å². The van der Waals surface area contributed by atoms with Crippen molar-refractivity contribution in [2.24, 2.45) is 0 Å². The summed E-state index contributed by atoms with van der Waals surface area (Å²) in [5, 5.41) is 10.0. The Morgan fingerprint density at radius 2 is 1.91 bits per heavy atom. The van der Waals surface area contributed by atoms with Gasteiger partial charge in [-0.2, -0.15) is 5.26 Å². The first-order valence-corrected chi connectivity index (χ1v) is 8.54. The topological polar surface area (TPSA) is 79.8 Å². The molecule has 0 saturated heterocycles. The first-order chi connectivity index (χ1) is 11.2. The Balaban J connectivity index is 0.00000127. The van der Waals surface area contributed by atoms with Crippen LogP contribution in [0.1, 0.15) is 42.7 Å². The van der Waals surface area contributed by atoms with Crippen molar-refractivity contribution >= 4 is 23.2 Å². The summed E-state index contributed by atoms with van der Waals surface area (Å²) in [6.07, 6.45) is 0. The smallest absolute Gasteiger partial charge is 0.186 e. The number of pyridine rings is 1. The molecule has 0 amide bonds. The van der Waals surface area contributed by atoms with Crippen LogP contribution < -0.4 is 5.73 Å². The summed E-state index contributed by atoms with van der Waals surface area (Å²) in [6.45, 7) is 6.00. The Morgan fingerprint density at radius 3 is 2.48 bits per heavy atom. The number of rotatable bonds is 5. The first-order valence-electron chi connectivity index (χ1n) is 7.55. The number of nitrogens with zero attached hydrogens (tertiary/aromatic N) is 2. The lowest BCUT2D eigenvalue weighted by Crippen LogP contribution is -2.13. The normalized spacial score (nSPS) is 10.9. The standard InChI is InChI=1S/C16H15N3OS.C2H6/c1-2-21-16-13(18)8-9-14(19-16)12(10-17)15(20)11-6-4-3-5-7-11;1-2/h3-9,12H,2,18H2,1H3;1-2H3. The first kappa shape index (κ1) is 18.7. The van der Waals surface area contributed by atoms with Gasteiger partial charge in [0.15, 0.2) is 11.7 Å². The molecule has 5 heteroatoms. The molecule has 1 atom stereocenters. The minimum Gasteiger partial charge on any atom is -0.397 e. The van der Waals surface area contributed by atoms with Crippen molar-refractivity contribution in [3.05, 3.63) is 53.7 Å². The number of carbonyl (C=O) groups excluding carboxylic acids is 1. The molecule has 23 heavy (non-hydrogen) atoms. The molecule has 2 rings (SSSR count). The molecular formula is C18H21N3OS. The van der Waals surface area contributed by atoms with Gasteiger partial charge in [0.25, 0.3) is 0 Å². The van der Waals surface area contributed by atoms with Gasteiger partial charge in [-0.25, -0.2) is 4.98 Å². The number of ketones is 1. The Bertz CT molecular complexity index is 680. The summed E-state index contributed by atoms with van der Waals surface area (Å²) in [5.41, 5.74) is 7.37. The molecular weight excluding hydrogens is 306 g/mol. The summed E-state index contributed by atoms with van der Waals surface area (Å²) in [4.78, 5) is 16.8. The van der Waals surface area contributed by atoms with Crippen molar-refractivity contribution in [3.63, 3.8) is 0 Å². The number of nitrogens with two attached hydrogens (primary N) is 1. The molecule has 1 aromatic carbocycles. The number of nitrogen functional groups attached to an aromatic ring is 1. The van der Waals surface area contributed by atoms with E-state index in [-0.39, 0.29) is 5.78 Å². The lowest BCUT2D eigenvalue weighted by molar-refractivity contribution is 0.0977. The van der Waals surface area contributed by atoms with Crippen molar-refractivity contribution in [3.8, 4) is 6.07 Å². The number of hydrogen-bond donors (Lipinski definition) is 1. The number of nitriles is 1. The van der Waals surface area contributed by atoms with E-state index in [1.807, 2.05) is 32.9 Å². The number of carbonyl (C=O) groups is 1. The lowest BCUT2D eigenvalue weighted by atomic mass is 9.95. The lowest BCUT2D eigenvalue weighted by Gasteiger charge is -2.10. The largest absolute Gasteiger partial charge is 0.397 e. The zero-order valence-corrected chi connectivity index (χ0v) is 14.4. The molecule has 120 valence electrons. The van der Waals surface area contributed by atoms with Crippen LogP contribution in [0.4, 0.5) is 5.69 Å². The van der Waals surface area contributed by atoms with Gasteiger partial charge in [0, 0.05) is 5.56 Å². The van der Waals surface area contributed by atoms with Crippen molar-refractivity contribution < 1.29 is 4.79 Å². The Morgan fingerprint density at radius 1 is 1.26 bits per heavy atom. The molecule has 1 heterocycles. The average Bonchev–Trinajstić information content (AvgIpc) is 2.61. The average molecular weight is 327 g/mol. The second kappa shape index (κ2) is 9.65. The second-order valence-electron chi connectivity index (χ2n) is 4.36. The molecule has 4 nitrogen and oxygen atoms in total. The predicted octanol–water partition coefficient (Wildman–Crippen LogP) is 4.29. The van der Waals surface area contributed by atoms with Crippen LogP contribution in [-0.4, -0.2) is 16.5 Å². The highest BCUT2D eigenvalue weighted by Crippen LogP contribution is 2.26. The quantitative estimate of drug-likeness (QED) is 0.654. The van der Waals surface area contributed by atoms with Crippen molar-refractivity contribution in [1.82, 2.24) is 4.98 Å². The number of hydrogen-bond acceptors (Lipinski definition) is 5. The molecule has 2 aromatic rings. The summed E-state index contributed by atoms with van der Waals surface area (Å²) >= 11 is 1.49. The van der Waals surface area contributed by atoms with E-state index in [0.717, 1.165) is 5.75 Å². The molecule has 0 radical (unpaired) electrons. The summed E-state index contributed by atoms with van der Waals surface area (Å²) in [7, 11) is 0. The third-order valence-corrected chi connectivity index (χ3v) is 3.83. The van der Waals surface area contributed by atoms with Crippen LogP contribution in [-0.2, 0) is 0 Å². The molecule has 0 aliphatic heterocycles. The number of thioether (sulfide) groups is 1. The van der Waals surface area contributed by atoms with Gasteiger partial charge in [-0.15, -0.1) is 11.8 Å². The van der Waals surface area contributed by atoms with Crippen molar-refractivity contribution in [1.29, 1.82) is 5.26 Å². The van der Waals surface area contributed by atoms with Crippen LogP contribution in [0.3, 0.4) is 0 Å². The zero-order chi connectivity index (χ0) is 17.2. The van der Waals surface area contributed by atoms with E-state index in [1.54, 1.807) is 36.4 Å². The molecule has 0 spiro atoms. The highest BCUT2D eigenvalue weighted by molar-refractivity contribution is 7.99. The maximum absolute atomic E-state index is 12.4. The molecule has 1 aromatic heterocycles. The van der Waals surface area contributed by atoms with Gasteiger partial charge in [0.05, 0.1) is 17.5 Å². The zero-order valence-electron chi connectivity index (χ0n) is 13.6. The van der Waals surface area contributed by atoms with E-state index in [1.165, 1.54) is 11.8 Å². The van der Waals surface area contributed by atoms with Crippen LogP contribution >= 0.6 is 11.8 Å². The van der Waals surface area contributed by atoms with Gasteiger partial charge < -0.3 is 5.73 Å². The molecule has 1 unspecified atom stereocenters. The molecule has 0 fully saturated rings. The highest BCUT2D eigenvalue weighted by Gasteiger charge is 2.23.